The number of fused-ring (bicyclic) bond motifs is 1. The van der Waals surface area contributed by atoms with Crippen LogP contribution >= 0.6 is 0 Å². The molecule has 0 bridgehead atoms. The summed E-state index contributed by atoms with van der Waals surface area (Å²) in [6.07, 6.45) is 5.52. The molecule has 0 radical (unpaired) electrons. The Balaban J connectivity index is 1.46. The van der Waals surface area contributed by atoms with Gasteiger partial charge in [-0.05, 0) is 13.0 Å². The van der Waals surface area contributed by atoms with Crippen LogP contribution in [0, 0.1) is 6.92 Å². The maximum absolute atomic E-state index is 5.85. The van der Waals surface area contributed by atoms with Gasteiger partial charge in [0.05, 0.1) is 23.8 Å². The number of aryl methyl sites for hydroxylation is 1. The Labute approximate surface area is 139 Å². The maximum atomic E-state index is 5.85. The van der Waals surface area contributed by atoms with Crippen LogP contribution in [0.4, 0.5) is 0 Å². The maximum Gasteiger partial charge on any atom is 0.213 e. The highest BCUT2D eigenvalue weighted by atomic mass is 16.5. The van der Waals surface area contributed by atoms with Gasteiger partial charge in [-0.1, -0.05) is 11.2 Å². The van der Waals surface area contributed by atoms with Gasteiger partial charge < -0.3 is 13.8 Å². The lowest BCUT2D eigenvalue weighted by atomic mass is 10.2. The van der Waals surface area contributed by atoms with Crippen molar-refractivity contribution in [2.45, 2.75) is 26.1 Å². The molecular formula is C17H19N5O2. The molecule has 0 saturated heterocycles. The molecular weight excluding hydrogens is 306 g/mol. The van der Waals surface area contributed by atoms with Crippen LogP contribution in [-0.2, 0) is 13.1 Å². The van der Waals surface area contributed by atoms with Crippen molar-refractivity contribution >= 4 is 0 Å². The Bertz CT molecular complexity index is 798. The fourth-order valence-corrected chi connectivity index (χ4v) is 3.05. The summed E-state index contributed by atoms with van der Waals surface area (Å²) < 4.78 is 13.2. The van der Waals surface area contributed by atoms with Gasteiger partial charge in [0.15, 0.2) is 0 Å². The van der Waals surface area contributed by atoms with Gasteiger partial charge in [0.25, 0.3) is 0 Å². The lowest BCUT2D eigenvalue weighted by Crippen LogP contribution is -2.39. The van der Waals surface area contributed by atoms with E-state index in [1.54, 1.807) is 6.20 Å². The van der Waals surface area contributed by atoms with Gasteiger partial charge in [0.1, 0.15) is 12.4 Å². The number of rotatable bonds is 5. The van der Waals surface area contributed by atoms with Crippen LogP contribution in [-0.4, -0.2) is 37.7 Å². The number of nitrogens with zero attached hydrogens (tertiary/aromatic N) is 5. The van der Waals surface area contributed by atoms with Gasteiger partial charge in [-0.2, -0.15) is 0 Å². The predicted molar refractivity (Wildman–Crippen MR) is 86.4 cm³/mol. The largest absolute Gasteiger partial charge is 0.475 e. The van der Waals surface area contributed by atoms with Crippen molar-refractivity contribution in [3.8, 4) is 5.88 Å². The van der Waals surface area contributed by atoms with Crippen LogP contribution < -0.4 is 4.74 Å². The topological polar surface area (TPSA) is 69.2 Å². The number of imidazole rings is 1. The predicted octanol–water partition coefficient (Wildman–Crippen LogP) is 2.21. The molecule has 0 spiro atoms. The molecule has 0 N–H and O–H groups in total. The van der Waals surface area contributed by atoms with Gasteiger partial charge in [-0.3, -0.25) is 4.90 Å². The van der Waals surface area contributed by atoms with E-state index in [1.807, 2.05) is 43.7 Å². The standard InChI is InChI=1S/C17H19N5O2/c1-13-6-14(20-24-13)8-21-9-15-7-18-12-22(15)16(10-21)11-23-17-4-2-3-5-19-17/h2-7,12,16H,8-11H2,1H3/t16-/m1/s1. The third-order valence-corrected chi connectivity index (χ3v) is 4.12. The molecule has 124 valence electrons. The average Bonchev–Trinajstić information content (AvgIpc) is 3.22. The van der Waals surface area contributed by atoms with E-state index in [-0.39, 0.29) is 6.04 Å². The molecule has 0 saturated carbocycles. The molecule has 1 aliphatic heterocycles. The molecule has 0 unspecified atom stereocenters. The van der Waals surface area contributed by atoms with Crippen molar-refractivity contribution in [2.24, 2.45) is 0 Å². The first-order chi connectivity index (χ1) is 11.8. The second-order valence-electron chi connectivity index (χ2n) is 6.02. The zero-order valence-electron chi connectivity index (χ0n) is 13.5. The van der Waals surface area contributed by atoms with Crippen molar-refractivity contribution in [1.29, 1.82) is 0 Å². The lowest BCUT2D eigenvalue weighted by Gasteiger charge is -2.33. The summed E-state index contributed by atoms with van der Waals surface area (Å²) in [5.41, 5.74) is 2.13. The molecule has 7 heteroatoms. The van der Waals surface area contributed by atoms with Crippen molar-refractivity contribution < 1.29 is 9.26 Å². The lowest BCUT2D eigenvalue weighted by molar-refractivity contribution is 0.132. The van der Waals surface area contributed by atoms with E-state index < -0.39 is 0 Å². The molecule has 1 aliphatic rings. The van der Waals surface area contributed by atoms with E-state index in [1.165, 1.54) is 5.69 Å². The number of ether oxygens (including phenoxy) is 1. The Morgan fingerprint density at radius 3 is 3.12 bits per heavy atom. The second kappa shape index (κ2) is 6.45. The fourth-order valence-electron chi connectivity index (χ4n) is 3.05. The first kappa shape index (κ1) is 14.9. The molecule has 0 aliphatic carbocycles. The minimum atomic E-state index is 0.186. The van der Waals surface area contributed by atoms with E-state index in [2.05, 4.69) is 24.6 Å². The monoisotopic (exact) mass is 325 g/mol. The highest BCUT2D eigenvalue weighted by molar-refractivity contribution is 5.11. The summed E-state index contributed by atoms with van der Waals surface area (Å²) in [4.78, 5) is 10.8. The smallest absolute Gasteiger partial charge is 0.213 e. The van der Waals surface area contributed by atoms with Crippen LogP contribution in [0.1, 0.15) is 23.2 Å². The number of hydrogen-bond acceptors (Lipinski definition) is 6. The Kier molecular flexibility index (Phi) is 4.00. The summed E-state index contributed by atoms with van der Waals surface area (Å²) >= 11 is 0. The number of hydrogen-bond donors (Lipinski definition) is 0. The molecule has 3 aromatic heterocycles. The normalized spacial score (nSPS) is 17.6. The van der Waals surface area contributed by atoms with Crippen molar-refractivity contribution in [3.05, 3.63) is 60.1 Å². The number of pyridine rings is 1. The van der Waals surface area contributed by atoms with Gasteiger partial charge in [-0.25, -0.2) is 9.97 Å². The summed E-state index contributed by atoms with van der Waals surface area (Å²) in [5.74, 6) is 1.48. The number of aromatic nitrogens is 4. The van der Waals surface area contributed by atoms with E-state index in [4.69, 9.17) is 9.26 Å². The molecule has 0 amide bonds. The van der Waals surface area contributed by atoms with Crippen molar-refractivity contribution in [2.75, 3.05) is 13.2 Å². The second-order valence-corrected chi connectivity index (χ2v) is 6.02. The van der Waals surface area contributed by atoms with Gasteiger partial charge in [0.2, 0.25) is 5.88 Å². The average molecular weight is 325 g/mol. The summed E-state index contributed by atoms with van der Waals surface area (Å²) in [5, 5.41) is 4.09. The van der Waals surface area contributed by atoms with E-state index >= 15 is 0 Å². The van der Waals surface area contributed by atoms with Crippen LogP contribution in [0.3, 0.4) is 0 Å². The van der Waals surface area contributed by atoms with E-state index in [0.29, 0.717) is 12.5 Å². The molecule has 3 aromatic rings. The van der Waals surface area contributed by atoms with Crippen LogP contribution in [0.2, 0.25) is 0 Å². The third kappa shape index (κ3) is 3.16. The van der Waals surface area contributed by atoms with E-state index in [9.17, 15) is 0 Å². The van der Waals surface area contributed by atoms with Crippen LogP contribution in [0.15, 0.2) is 47.5 Å². The van der Waals surface area contributed by atoms with Crippen LogP contribution in [0.5, 0.6) is 5.88 Å². The third-order valence-electron chi connectivity index (χ3n) is 4.12. The highest BCUT2D eigenvalue weighted by Crippen LogP contribution is 2.23. The zero-order valence-corrected chi connectivity index (χ0v) is 13.5. The van der Waals surface area contributed by atoms with Gasteiger partial charge in [-0.15, -0.1) is 0 Å². The van der Waals surface area contributed by atoms with Crippen molar-refractivity contribution in [3.63, 3.8) is 0 Å². The minimum Gasteiger partial charge on any atom is -0.475 e. The molecule has 24 heavy (non-hydrogen) atoms. The quantitative estimate of drug-likeness (QED) is 0.716. The molecule has 4 heterocycles. The first-order valence-corrected chi connectivity index (χ1v) is 7.97. The molecule has 4 rings (SSSR count). The molecule has 0 fully saturated rings. The fraction of sp³-hybridized carbons (Fsp3) is 0.353. The zero-order chi connectivity index (χ0) is 16.4. The van der Waals surface area contributed by atoms with Crippen molar-refractivity contribution in [1.82, 2.24) is 24.6 Å². The Morgan fingerprint density at radius 1 is 1.38 bits per heavy atom. The Morgan fingerprint density at radius 2 is 2.33 bits per heavy atom. The van der Waals surface area contributed by atoms with Gasteiger partial charge >= 0.3 is 0 Å². The minimum absolute atomic E-state index is 0.186. The summed E-state index contributed by atoms with van der Waals surface area (Å²) in [7, 11) is 0. The molecule has 1 atom stereocenters. The van der Waals surface area contributed by atoms with Crippen LogP contribution in [0.25, 0.3) is 0 Å². The molecule has 0 aromatic carbocycles. The molecule has 7 nitrogen and oxygen atoms in total. The summed E-state index contributed by atoms with van der Waals surface area (Å²) in [6.45, 7) is 4.91. The highest BCUT2D eigenvalue weighted by Gasteiger charge is 2.26. The Hall–Kier alpha value is -2.67. The van der Waals surface area contributed by atoms with Gasteiger partial charge in [0, 0.05) is 44.2 Å². The summed E-state index contributed by atoms with van der Waals surface area (Å²) in [6, 6.07) is 7.83. The van der Waals surface area contributed by atoms with E-state index in [0.717, 1.165) is 31.1 Å². The first-order valence-electron chi connectivity index (χ1n) is 7.97. The SMILES string of the molecule is Cc1cc(CN2Cc3cncn3[C@@H](COc3ccccn3)C2)no1.